The number of aryl methyl sites for hydroxylation is 1. The lowest BCUT2D eigenvalue weighted by Gasteiger charge is -2.30. The first-order valence-electron chi connectivity index (χ1n) is 12.3. The molecule has 2 fully saturated rings. The summed E-state index contributed by atoms with van der Waals surface area (Å²) in [5, 5.41) is 6.93. The summed E-state index contributed by atoms with van der Waals surface area (Å²) in [6.45, 7) is 0. The zero-order valence-electron chi connectivity index (χ0n) is 19.3. The van der Waals surface area contributed by atoms with Gasteiger partial charge in [0.05, 0.1) is 5.69 Å². The highest BCUT2D eigenvalue weighted by molar-refractivity contribution is 5.83. The number of hydrogen-bond donors (Lipinski definition) is 2. The van der Waals surface area contributed by atoms with E-state index in [2.05, 4.69) is 53.9 Å². The Hall–Kier alpha value is -2.63. The van der Waals surface area contributed by atoms with Gasteiger partial charge in [-0.1, -0.05) is 30.3 Å². The van der Waals surface area contributed by atoms with Crippen molar-refractivity contribution in [1.82, 2.24) is 15.3 Å². The number of carbonyl (C=O) groups excluding carboxylic acids is 1. The summed E-state index contributed by atoms with van der Waals surface area (Å²) in [6, 6.07) is 11.1. The Labute approximate surface area is 191 Å². The van der Waals surface area contributed by atoms with Crippen LogP contribution in [0.25, 0.3) is 0 Å². The summed E-state index contributed by atoms with van der Waals surface area (Å²) in [5.74, 6) is 2.63. The highest BCUT2D eigenvalue weighted by atomic mass is 16.2. The second kappa shape index (κ2) is 9.08. The van der Waals surface area contributed by atoms with Crippen molar-refractivity contribution in [3.63, 3.8) is 0 Å². The molecule has 1 aromatic carbocycles. The maximum Gasteiger partial charge on any atom is 0.225 e. The molecule has 6 heteroatoms. The summed E-state index contributed by atoms with van der Waals surface area (Å²) in [5.41, 5.74) is 3.84. The summed E-state index contributed by atoms with van der Waals surface area (Å²) in [7, 11) is 4.13. The van der Waals surface area contributed by atoms with Crippen molar-refractivity contribution in [2.45, 2.75) is 75.8 Å². The Kier molecular flexibility index (Phi) is 6.03. The lowest BCUT2D eigenvalue weighted by molar-refractivity contribution is -0.123. The standard InChI is InChI=1S/C26H35N5O/c1-31(2)24-20-10-6-7-11-23(20)29-26(30-24)28-19-14-12-18(13-15-19)27-25(32)22-16-21(22)17-8-4-3-5-9-17/h3-5,8-9,18-19,21-22H,6-7,10-16H2,1-2H3,(H,27,32)(H,28,29,30)/t18?,19?,21-,22-/m0/s1. The summed E-state index contributed by atoms with van der Waals surface area (Å²) in [4.78, 5) is 24.5. The molecule has 1 aromatic heterocycles. The predicted molar refractivity (Wildman–Crippen MR) is 128 cm³/mol. The van der Waals surface area contributed by atoms with Gasteiger partial charge in [0.15, 0.2) is 0 Å². The molecule has 5 rings (SSSR count). The van der Waals surface area contributed by atoms with Crippen LogP contribution in [-0.2, 0) is 17.6 Å². The Balaban J connectivity index is 1.13. The lowest BCUT2D eigenvalue weighted by Crippen LogP contribution is -2.41. The van der Waals surface area contributed by atoms with Crippen molar-refractivity contribution in [2.24, 2.45) is 5.92 Å². The van der Waals surface area contributed by atoms with E-state index in [1.807, 2.05) is 6.07 Å². The third-order valence-electron chi connectivity index (χ3n) is 7.35. The minimum atomic E-state index is 0.154. The second-order valence-electron chi connectivity index (χ2n) is 9.96. The highest BCUT2D eigenvalue weighted by Crippen LogP contribution is 2.47. The number of anilines is 2. The van der Waals surface area contributed by atoms with Gasteiger partial charge in [-0.3, -0.25) is 4.79 Å². The van der Waals surface area contributed by atoms with Crippen molar-refractivity contribution < 1.29 is 4.79 Å². The lowest BCUT2D eigenvalue weighted by atomic mass is 9.91. The van der Waals surface area contributed by atoms with Crippen molar-refractivity contribution in [2.75, 3.05) is 24.3 Å². The molecule has 170 valence electrons. The van der Waals surface area contributed by atoms with E-state index in [0.717, 1.165) is 56.7 Å². The fraction of sp³-hybridized carbons (Fsp3) is 0.577. The van der Waals surface area contributed by atoms with E-state index in [1.54, 1.807) is 0 Å². The van der Waals surface area contributed by atoms with E-state index in [1.165, 1.54) is 29.7 Å². The number of carbonyl (C=O) groups is 1. The number of hydrogen-bond acceptors (Lipinski definition) is 5. The molecule has 1 amide bonds. The zero-order valence-corrected chi connectivity index (χ0v) is 19.3. The quantitative estimate of drug-likeness (QED) is 0.719. The summed E-state index contributed by atoms with van der Waals surface area (Å²) >= 11 is 0. The normalized spacial score (nSPS) is 26.7. The molecule has 2 saturated carbocycles. The molecule has 3 aliphatic rings. The number of nitrogens with zero attached hydrogens (tertiary/aromatic N) is 3. The molecule has 32 heavy (non-hydrogen) atoms. The Morgan fingerprint density at radius 2 is 1.69 bits per heavy atom. The average Bonchev–Trinajstić information content (AvgIpc) is 3.62. The second-order valence-corrected chi connectivity index (χ2v) is 9.96. The molecule has 2 atom stereocenters. The first-order chi connectivity index (χ1) is 15.6. The summed E-state index contributed by atoms with van der Waals surface area (Å²) in [6.07, 6.45) is 9.66. The van der Waals surface area contributed by atoms with Gasteiger partial charge in [0.2, 0.25) is 11.9 Å². The zero-order chi connectivity index (χ0) is 22.1. The van der Waals surface area contributed by atoms with Crippen LogP contribution in [0.15, 0.2) is 30.3 Å². The molecular formula is C26H35N5O. The maximum absolute atomic E-state index is 12.7. The molecule has 0 unspecified atom stereocenters. The van der Waals surface area contributed by atoms with E-state index in [-0.39, 0.29) is 11.8 Å². The number of rotatable bonds is 6. The van der Waals surface area contributed by atoms with Gasteiger partial charge in [-0.25, -0.2) is 4.98 Å². The van der Waals surface area contributed by atoms with E-state index in [9.17, 15) is 4.79 Å². The molecule has 0 aliphatic heterocycles. The van der Waals surface area contributed by atoms with Crippen molar-refractivity contribution >= 4 is 17.7 Å². The molecule has 0 spiro atoms. The Morgan fingerprint density at radius 3 is 2.44 bits per heavy atom. The van der Waals surface area contributed by atoms with Crippen LogP contribution < -0.4 is 15.5 Å². The number of aromatic nitrogens is 2. The fourth-order valence-electron chi connectivity index (χ4n) is 5.44. The van der Waals surface area contributed by atoms with Crippen LogP contribution >= 0.6 is 0 Å². The van der Waals surface area contributed by atoms with Crippen LogP contribution in [0.2, 0.25) is 0 Å². The van der Waals surface area contributed by atoms with Gasteiger partial charge in [-0.05, 0) is 69.3 Å². The smallest absolute Gasteiger partial charge is 0.225 e. The SMILES string of the molecule is CN(C)c1nc(NC2CCC(NC(=O)[C@H]3C[C@H]3c3ccccc3)CC2)nc2c1CCCC2. The van der Waals surface area contributed by atoms with E-state index in [0.29, 0.717) is 18.0 Å². The van der Waals surface area contributed by atoms with Crippen LogP contribution in [0.3, 0.4) is 0 Å². The van der Waals surface area contributed by atoms with Crippen LogP contribution in [-0.4, -0.2) is 42.1 Å². The van der Waals surface area contributed by atoms with Crippen LogP contribution in [0.5, 0.6) is 0 Å². The predicted octanol–water partition coefficient (Wildman–Crippen LogP) is 4.06. The monoisotopic (exact) mass is 433 g/mol. The maximum atomic E-state index is 12.7. The molecule has 2 aromatic rings. The van der Waals surface area contributed by atoms with Gasteiger partial charge in [0, 0.05) is 37.7 Å². The third kappa shape index (κ3) is 4.59. The fourth-order valence-corrected chi connectivity index (χ4v) is 5.44. The van der Waals surface area contributed by atoms with Crippen LogP contribution in [0, 0.1) is 5.92 Å². The Bertz CT molecular complexity index is 952. The topological polar surface area (TPSA) is 70.2 Å². The third-order valence-corrected chi connectivity index (χ3v) is 7.35. The Morgan fingerprint density at radius 1 is 0.969 bits per heavy atom. The van der Waals surface area contributed by atoms with Crippen LogP contribution in [0.1, 0.15) is 67.7 Å². The first kappa shape index (κ1) is 21.2. The van der Waals surface area contributed by atoms with Crippen LogP contribution in [0.4, 0.5) is 11.8 Å². The largest absolute Gasteiger partial charge is 0.362 e. The summed E-state index contributed by atoms with van der Waals surface area (Å²) < 4.78 is 0. The molecule has 6 nitrogen and oxygen atoms in total. The van der Waals surface area contributed by atoms with E-state index >= 15 is 0 Å². The van der Waals surface area contributed by atoms with Crippen molar-refractivity contribution in [3.8, 4) is 0 Å². The van der Waals surface area contributed by atoms with Gasteiger partial charge in [-0.15, -0.1) is 0 Å². The average molecular weight is 434 g/mol. The van der Waals surface area contributed by atoms with Gasteiger partial charge >= 0.3 is 0 Å². The number of amides is 1. The molecule has 0 radical (unpaired) electrons. The van der Waals surface area contributed by atoms with E-state index < -0.39 is 0 Å². The highest BCUT2D eigenvalue weighted by Gasteiger charge is 2.44. The first-order valence-corrected chi connectivity index (χ1v) is 12.3. The number of fused-ring (bicyclic) bond motifs is 1. The van der Waals surface area contributed by atoms with Gasteiger partial charge < -0.3 is 15.5 Å². The molecule has 1 heterocycles. The molecule has 0 bridgehead atoms. The van der Waals surface area contributed by atoms with Crippen molar-refractivity contribution in [3.05, 3.63) is 47.2 Å². The minimum Gasteiger partial charge on any atom is -0.362 e. The molecule has 2 N–H and O–H groups in total. The number of nitrogens with one attached hydrogen (secondary N) is 2. The van der Waals surface area contributed by atoms with Gasteiger partial charge in [-0.2, -0.15) is 4.98 Å². The van der Waals surface area contributed by atoms with Gasteiger partial charge in [0.25, 0.3) is 0 Å². The minimum absolute atomic E-state index is 0.154. The molecular weight excluding hydrogens is 398 g/mol. The molecule has 3 aliphatic carbocycles. The molecule has 0 saturated heterocycles. The van der Waals surface area contributed by atoms with E-state index in [4.69, 9.17) is 9.97 Å². The van der Waals surface area contributed by atoms with Crippen molar-refractivity contribution in [1.29, 1.82) is 0 Å². The van der Waals surface area contributed by atoms with Gasteiger partial charge in [0.1, 0.15) is 5.82 Å². The number of benzene rings is 1.